The van der Waals surface area contributed by atoms with Crippen LogP contribution in [0.1, 0.15) is 17.3 Å². The van der Waals surface area contributed by atoms with Gasteiger partial charge in [0, 0.05) is 23.0 Å². The maximum atomic E-state index is 12.1. The summed E-state index contributed by atoms with van der Waals surface area (Å²) >= 11 is 5.86. The summed E-state index contributed by atoms with van der Waals surface area (Å²) in [5.74, 6) is -0.302. The predicted molar refractivity (Wildman–Crippen MR) is 78.3 cm³/mol. The van der Waals surface area contributed by atoms with Crippen LogP contribution in [0.4, 0.5) is 0 Å². The summed E-state index contributed by atoms with van der Waals surface area (Å²) < 4.78 is 0. The van der Waals surface area contributed by atoms with Crippen molar-refractivity contribution >= 4 is 17.5 Å². The lowest BCUT2D eigenvalue weighted by Crippen LogP contribution is -2.44. The number of halogens is 1. The Labute approximate surface area is 122 Å². The van der Waals surface area contributed by atoms with Crippen LogP contribution in [0, 0.1) is 6.92 Å². The molecular weight excluding hydrogens is 276 g/mol. The Morgan fingerprint density at radius 1 is 1.50 bits per heavy atom. The number of aryl methyl sites for hydroxylation is 1. The maximum absolute atomic E-state index is 12.1. The molecule has 1 amide bonds. The fourth-order valence-electron chi connectivity index (χ4n) is 1.99. The van der Waals surface area contributed by atoms with E-state index in [1.54, 1.807) is 18.5 Å². The molecule has 20 heavy (non-hydrogen) atoms. The fraction of sp³-hybridized carbons (Fsp3) is 0.143. The second kappa shape index (κ2) is 5.79. The van der Waals surface area contributed by atoms with E-state index in [1.165, 1.54) is 6.20 Å². The number of carbonyl (C=O) groups excluding carboxylic acids is 1. The molecule has 0 aliphatic carbocycles. The monoisotopic (exact) mass is 290 g/mol. The van der Waals surface area contributed by atoms with Crippen LogP contribution in [-0.4, -0.2) is 10.9 Å². The summed E-state index contributed by atoms with van der Waals surface area (Å²) in [5.41, 5.74) is 8.07. The molecule has 0 aromatic carbocycles. The summed E-state index contributed by atoms with van der Waals surface area (Å²) in [6.07, 6.45) is 5.97. The topological polar surface area (TPSA) is 80.0 Å². The molecular formula is C14H15ClN4O. The molecule has 1 aromatic rings. The number of aromatic nitrogens is 1. The zero-order valence-corrected chi connectivity index (χ0v) is 11.7. The molecule has 2 rings (SSSR count). The first-order valence-electron chi connectivity index (χ1n) is 5.99. The maximum Gasteiger partial charge on any atom is 0.256 e. The first-order valence-corrected chi connectivity index (χ1v) is 6.37. The Balaban J connectivity index is 2.40. The summed E-state index contributed by atoms with van der Waals surface area (Å²) in [5, 5.41) is 6.12. The Kier molecular flexibility index (Phi) is 4.10. The van der Waals surface area contributed by atoms with Crippen molar-refractivity contribution in [2.24, 2.45) is 5.73 Å². The molecule has 0 spiro atoms. The molecule has 0 saturated carbocycles. The molecule has 0 radical (unpaired) electrons. The number of allylic oxidation sites excluding steroid dienone is 1. The van der Waals surface area contributed by atoms with E-state index in [9.17, 15) is 4.79 Å². The lowest BCUT2D eigenvalue weighted by molar-refractivity contribution is -0.118. The minimum atomic E-state index is -0.388. The first kappa shape index (κ1) is 14.1. The molecule has 2 heterocycles. The minimum Gasteiger partial charge on any atom is -0.405 e. The van der Waals surface area contributed by atoms with E-state index in [1.807, 2.05) is 13.0 Å². The Morgan fingerprint density at radius 2 is 2.25 bits per heavy atom. The quantitative estimate of drug-likeness (QED) is 0.790. The lowest BCUT2D eigenvalue weighted by Gasteiger charge is -2.29. The van der Waals surface area contributed by atoms with Gasteiger partial charge in [-0.3, -0.25) is 9.78 Å². The number of rotatable bonds is 3. The van der Waals surface area contributed by atoms with Crippen molar-refractivity contribution in [3.8, 4) is 0 Å². The minimum absolute atomic E-state index is 0.156. The zero-order chi connectivity index (χ0) is 14.7. The van der Waals surface area contributed by atoms with E-state index in [0.717, 1.165) is 11.1 Å². The van der Waals surface area contributed by atoms with Gasteiger partial charge in [0.2, 0.25) is 0 Å². The van der Waals surface area contributed by atoms with Crippen molar-refractivity contribution in [2.75, 3.05) is 0 Å². The number of carbonyl (C=O) groups is 1. The molecule has 1 atom stereocenters. The second-order valence-electron chi connectivity index (χ2n) is 4.40. The predicted octanol–water partition coefficient (Wildman–Crippen LogP) is 1.59. The van der Waals surface area contributed by atoms with Crippen LogP contribution in [-0.2, 0) is 4.79 Å². The van der Waals surface area contributed by atoms with Gasteiger partial charge in [-0.25, -0.2) is 0 Å². The van der Waals surface area contributed by atoms with E-state index >= 15 is 0 Å². The standard InChI is InChI=1S/C14H15ClN4O/c1-8-5-10(7-17-6-8)13-18-11(3-4-16)12(9(2)15)14(20)19-13/h3-7,13,18H,2,16H2,1H3,(H,19,20)/b4-3-. The molecule has 5 nitrogen and oxygen atoms in total. The van der Waals surface area contributed by atoms with Gasteiger partial charge >= 0.3 is 0 Å². The Hall–Kier alpha value is -2.27. The third kappa shape index (κ3) is 2.83. The highest BCUT2D eigenvalue weighted by Gasteiger charge is 2.27. The van der Waals surface area contributed by atoms with Crippen molar-refractivity contribution in [3.05, 3.63) is 64.7 Å². The Bertz CT molecular complexity index is 621. The average molecular weight is 291 g/mol. The number of amides is 1. The fourth-order valence-corrected chi connectivity index (χ4v) is 2.18. The van der Waals surface area contributed by atoms with Crippen LogP contribution < -0.4 is 16.4 Å². The van der Waals surface area contributed by atoms with Crippen molar-refractivity contribution < 1.29 is 4.79 Å². The number of nitrogens with two attached hydrogens (primary N) is 1. The smallest absolute Gasteiger partial charge is 0.256 e. The van der Waals surface area contributed by atoms with Gasteiger partial charge in [-0.2, -0.15) is 0 Å². The van der Waals surface area contributed by atoms with Gasteiger partial charge in [0.05, 0.1) is 11.3 Å². The van der Waals surface area contributed by atoms with Gasteiger partial charge in [-0.05, 0) is 30.8 Å². The first-order chi connectivity index (χ1) is 9.52. The zero-order valence-electron chi connectivity index (χ0n) is 11.0. The molecule has 0 fully saturated rings. The number of nitrogens with zero attached hydrogens (tertiary/aromatic N) is 1. The van der Waals surface area contributed by atoms with E-state index in [0.29, 0.717) is 5.70 Å². The second-order valence-corrected chi connectivity index (χ2v) is 4.86. The van der Waals surface area contributed by atoms with Gasteiger partial charge in [-0.15, -0.1) is 0 Å². The lowest BCUT2D eigenvalue weighted by atomic mass is 10.1. The van der Waals surface area contributed by atoms with Gasteiger partial charge in [-0.1, -0.05) is 18.2 Å². The highest BCUT2D eigenvalue weighted by molar-refractivity contribution is 6.35. The molecule has 1 aromatic heterocycles. The molecule has 1 aliphatic rings. The van der Waals surface area contributed by atoms with Gasteiger partial charge < -0.3 is 16.4 Å². The summed E-state index contributed by atoms with van der Waals surface area (Å²) in [4.78, 5) is 16.3. The van der Waals surface area contributed by atoms with Crippen molar-refractivity contribution in [2.45, 2.75) is 13.1 Å². The SMILES string of the molecule is C=C(Cl)C1=C(/C=C\N)NC(c2cncc(C)c2)NC1=O. The summed E-state index contributed by atoms with van der Waals surface area (Å²) in [7, 11) is 0. The molecule has 104 valence electrons. The molecule has 4 N–H and O–H groups in total. The largest absolute Gasteiger partial charge is 0.405 e. The molecule has 1 unspecified atom stereocenters. The highest BCUT2D eigenvalue weighted by Crippen LogP contribution is 2.24. The van der Waals surface area contributed by atoms with Crippen molar-refractivity contribution in [3.63, 3.8) is 0 Å². The Morgan fingerprint density at radius 3 is 2.85 bits per heavy atom. The average Bonchev–Trinajstić information content (AvgIpc) is 2.38. The normalized spacial score (nSPS) is 18.9. The van der Waals surface area contributed by atoms with Gasteiger partial charge in [0.25, 0.3) is 5.91 Å². The van der Waals surface area contributed by atoms with E-state index in [-0.39, 0.29) is 22.7 Å². The molecule has 0 saturated heterocycles. The molecule has 0 bridgehead atoms. The van der Waals surface area contributed by atoms with Crippen molar-refractivity contribution in [1.29, 1.82) is 0 Å². The van der Waals surface area contributed by atoms with Crippen LogP contribution in [0.5, 0.6) is 0 Å². The summed E-state index contributed by atoms with van der Waals surface area (Å²) in [6, 6.07) is 1.94. The van der Waals surface area contributed by atoms with Crippen LogP contribution in [0.25, 0.3) is 0 Å². The van der Waals surface area contributed by atoms with E-state index < -0.39 is 0 Å². The third-order valence-corrected chi connectivity index (χ3v) is 3.02. The van der Waals surface area contributed by atoms with Crippen LogP contribution >= 0.6 is 11.6 Å². The van der Waals surface area contributed by atoms with E-state index in [4.69, 9.17) is 17.3 Å². The third-order valence-electron chi connectivity index (χ3n) is 2.84. The van der Waals surface area contributed by atoms with Crippen LogP contribution in [0.15, 0.2) is 53.6 Å². The number of pyridine rings is 1. The number of hydrogen-bond donors (Lipinski definition) is 3. The number of hydrogen-bond acceptors (Lipinski definition) is 4. The molecule has 6 heteroatoms. The van der Waals surface area contributed by atoms with Gasteiger partial charge in [0.1, 0.15) is 6.17 Å². The molecule has 1 aliphatic heterocycles. The van der Waals surface area contributed by atoms with E-state index in [2.05, 4.69) is 22.2 Å². The van der Waals surface area contributed by atoms with Crippen molar-refractivity contribution in [1.82, 2.24) is 15.6 Å². The number of nitrogens with one attached hydrogen (secondary N) is 2. The highest BCUT2D eigenvalue weighted by atomic mass is 35.5. The van der Waals surface area contributed by atoms with Gasteiger partial charge in [0.15, 0.2) is 0 Å². The van der Waals surface area contributed by atoms with Crippen LogP contribution in [0.2, 0.25) is 0 Å². The van der Waals surface area contributed by atoms with Crippen LogP contribution in [0.3, 0.4) is 0 Å². The summed E-state index contributed by atoms with van der Waals surface area (Å²) in [6.45, 7) is 5.53.